The number of ether oxygens (including phenoxy) is 3. The van der Waals surface area contributed by atoms with Gasteiger partial charge in [-0.15, -0.1) is 0 Å². The van der Waals surface area contributed by atoms with Gasteiger partial charge in [-0.25, -0.2) is 5.43 Å². The minimum Gasteiger partial charge on any atom is -0.493 e. The highest BCUT2D eigenvalue weighted by Gasteiger charge is 2.45. The summed E-state index contributed by atoms with van der Waals surface area (Å²) in [5, 5.41) is 19.7. The predicted molar refractivity (Wildman–Crippen MR) is 122 cm³/mol. The number of likely N-dealkylation sites (tertiary alicyclic amines) is 1. The summed E-state index contributed by atoms with van der Waals surface area (Å²) in [4.78, 5) is 15.1. The van der Waals surface area contributed by atoms with Crippen LogP contribution in [0, 0.1) is 23.2 Å². The molecule has 0 aromatic heterocycles. The van der Waals surface area contributed by atoms with Gasteiger partial charge in [0.2, 0.25) is 11.7 Å². The topological polar surface area (TPSA) is 132 Å². The Morgan fingerprint density at radius 2 is 1.82 bits per heavy atom. The van der Waals surface area contributed by atoms with Gasteiger partial charge >= 0.3 is 0 Å². The number of methoxy groups -OCH3 is 3. The lowest BCUT2D eigenvalue weighted by molar-refractivity contribution is -0.132. The first-order valence-electron chi connectivity index (χ1n) is 11.3. The molecule has 0 bridgehead atoms. The zero-order valence-electron chi connectivity index (χ0n) is 19.3. The molecule has 1 aromatic rings. The largest absolute Gasteiger partial charge is 0.493 e. The van der Waals surface area contributed by atoms with E-state index in [1.54, 1.807) is 21.3 Å². The molecule has 180 valence electrons. The monoisotopic (exact) mass is 459 g/mol. The number of rotatable bonds is 7. The Balaban J connectivity index is 1.55. The molecular weight excluding hydrogens is 426 g/mol. The van der Waals surface area contributed by atoms with Crippen LogP contribution in [-0.2, 0) is 4.79 Å². The maximum atomic E-state index is 12.8. The number of hydrogen-bond acceptors (Lipinski definition) is 10. The Morgan fingerprint density at radius 3 is 2.42 bits per heavy atom. The maximum Gasteiger partial charge on any atom is 0.242 e. The molecule has 4 atom stereocenters. The Bertz CT molecular complexity index is 859. The van der Waals surface area contributed by atoms with E-state index >= 15 is 0 Å². The SMILES string of the molecule is COc1cc(NC2NC(N3CCC(CC#N)CC3)NC3CNNC(=O)C32)cc(OC)c1OC. The van der Waals surface area contributed by atoms with E-state index in [0.29, 0.717) is 36.1 Å². The summed E-state index contributed by atoms with van der Waals surface area (Å²) in [7, 11) is 4.72. The first-order chi connectivity index (χ1) is 16.1. The van der Waals surface area contributed by atoms with E-state index in [0.717, 1.165) is 31.6 Å². The molecule has 3 aliphatic rings. The number of anilines is 1. The van der Waals surface area contributed by atoms with Gasteiger partial charge in [-0.2, -0.15) is 5.26 Å². The van der Waals surface area contributed by atoms with Crippen LogP contribution in [0.5, 0.6) is 17.2 Å². The van der Waals surface area contributed by atoms with Crippen molar-refractivity contribution in [1.29, 1.82) is 5.26 Å². The van der Waals surface area contributed by atoms with Crippen molar-refractivity contribution in [1.82, 2.24) is 26.4 Å². The summed E-state index contributed by atoms with van der Waals surface area (Å²) in [5.74, 6) is 1.63. The van der Waals surface area contributed by atoms with Crippen molar-refractivity contribution >= 4 is 11.6 Å². The molecule has 3 heterocycles. The maximum absolute atomic E-state index is 12.8. The molecule has 33 heavy (non-hydrogen) atoms. The Morgan fingerprint density at radius 1 is 1.12 bits per heavy atom. The molecule has 1 amide bonds. The van der Waals surface area contributed by atoms with Gasteiger partial charge in [0.15, 0.2) is 11.5 Å². The average molecular weight is 460 g/mol. The number of piperidine rings is 1. The molecule has 0 radical (unpaired) electrons. The van der Waals surface area contributed by atoms with E-state index in [9.17, 15) is 4.79 Å². The quantitative estimate of drug-likeness (QED) is 0.384. The summed E-state index contributed by atoms with van der Waals surface area (Å²) in [6, 6.07) is 5.91. The van der Waals surface area contributed by atoms with Crippen LogP contribution in [0.2, 0.25) is 0 Å². The second-order valence-electron chi connectivity index (χ2n) is 8.62. The molecule has 3 saturated heterocycles. The smallest absolute Gasteiger partial charge is 0.242 e. The van der Waals surface area contributed by atoms with Gasteiger partial charge in [0.05, 0.1) is 39.5 Å². The molecular formula is C22H33N7O4. The number of nitrogens with zero attached hydrogens (tertiary/aromatic N) is 2. The number of carbonyl (C=O) groups excluding carboxylic acids is 1. The second kappa shape index (κ2) is 10.4. The highest BCUT2D eigenvalue weighted by atomic mass is 16.5. The molecule has 0 aliphatic carbocycles. The zero-order valence-corrected chi connectivity index (χ0v) is 19.3. The van der Waals surface area contributed by atoms with Gasteiger partial charge in [0, 0.05) is 49.9 Å². The van der Waals surface area contributed by atoms with E-state index < -0.39 is 0 Å². The fourth-order valence-corrected chi connectivity index (χ4v) is 4.94. The Kier molecular flexibility index (Phi) is 7.39. The van der Waals surface area contributed by atoms with Crippen LogP contribution in [0.3, 0.4) is 0 Å². The number of hydrazine groups is 1. The minimum absolute atomic E-state index is 0.0543. The van der Waals surface area contributed by atoms with Crippen molar-refractivity contribution in [3.05, 3.63) is 12.1 Å². The van der Waals surface area contributed by atoms with Gasteiger partial charge < -0.3 is 19.5 Å². The number of benzene rings is 1. The fraction of sp³-hybridized carbons (Fsp3) is 0.636. The molecule has 11 nitrogen and oxygen atoms in total. The third-order valence-corrected chi connectivity index (χ3v) is 6.72. The molecule has 5 N–H and O–H groups in total. The standard InChI is InChI=1S/C22H33N7O4/c1-31-16-10-14(11-17(32-2)19(16)33-3)25-20-18-15(12-24-28-21(18)30)26-22(27-20)29-8-5-13(4-7-23)6-9-29/h10-11,13,15,18,20,22,24-27H,4-6,8-9,12H2,1-3H3,(H,28,30). The summed E-state index contributed by atoms with van der Waals surface area (Å²) >= 11 is 0. The molecule has 0 saturated carbocycles. The van der Waals surface area contributed by atoms with Crippen molar-refractivity contribution in [2.75, 3.05) is 46.3 Å². The third kappa shape index (κ3) is 4.94. The second-order valence-corrected chi connectivity index (χ2v) is 8.62. The van der Waals surface area contributed by atoms with E-state index in [1.807, 2.05) is 12.1 Å². The van der Waals surface area contributed by atoms with Crippen molar-refractivity contribution in [3.8, 4) is 23.3 Å². The molecule has 0 spiro atoms. The zero-order chi connectivity index (χ0) is 23.4. The van der Waals surface area contributed by atoms with Gasteiger partial charge in [-0.05, 0) is 18.8 Å². The Hall–Kier alpha value is -2.78. The number of nitriles is 1. The molecule has 3 aliphatic heterocycles. The summed E-state index contributed by atoms with van der Waals surface area (Å²) in [6.07, 6.45) is 2.17. The van der Waals surface area contributed by atoms with Gasteiger partial charge in [0.1, 0.15) is 6.29 Å². The van der Waals surface area contributed by atoms with E-state index in [2.05, 4.69) is 37.8 Å². The molecule has 4 unspecified atom stereocenters. The lowest BCUT2D eigenvalue weighted by atomic mass is 9.90. The molecule has 4 rings (SSSR count). The molecule has 3 fully saturated rings. The minimum atomic E-state index is -0.335. The van der Waals surface area contributed by atoms with Crippen molar-refractivity contribution in [3.63, 3.8) is 0 Å². The van der Waals surface area contributed by atoms with Crippen LogP contribution < -0.4 is 41.0 Å². The summed E-state index contributed by atoms with van der Waals surface area (Å²) < 4.78 is 16.4. The van der Waals surface area contributed by atoms with Crippen molar-refractivity contribution in [2.45, 2.75) is 37.8 Å². The van der Waals surface area contributed by atoms with E-state index in [-0.39, 0.29) is 30.3 Å². The van der Waals surface area contributed by atoms with Gasteiger partial charge in [-0.3, -0.25) is 25.8 Å². The number of nitrogens with one attached hydrogen (secondary N) is 5. The Labute approximate surface area is 194 Å². The lowest BCUT2D eigenvalue weighted by Crippen LogP contribution is -2.77. The van der Waals surface area contributed by atoms with Crippen LogP contribution in [0.4, 0.5) is 5.69 Å². The van der Waals surface area contributed by atoms with Crippen LogP contribution >= 0.6 is 0 Å². The van der Waals surface area contributed by atoms with Crippen molar-refractivity contribution in [2.24, 2.45) is 11.8 Å². The number of carbonyl (C=O) groups is 1. The van der Waals surface area contributed by atoms with Crippen LogP contribution in [0.15, 0.2) is 12.1 Å². The predicted octanol–water partition coefficient (Wildman–Crippen LogP) is 0.172. The first-order valence-corrected chi connectivity index (χ1v) is 11.3. The summed E-state index contributed by atoms with van der Waals surface area (Å²) in [6.45, 7) is 2.41. The average Bonchev–Trinajstić information content (AvgIpc) is 2.84. The lowest BCUT2D eigenvalue weighted by Gasteiger charge is -2.49. The normalized spacial score (nSPS) is 28.2. The molecule has 1 aromatic carbocycles. The van der Waals surface area contributed by atoms with Crippen molar-refractivity contribution < 1.29 is 19.0 Å². The van der Waals surface area contributed by atoms with Gasteiger partial charge in [-0.1, -0.05) is 0 Å². The van der Waals surface area contributed by atoms with Crippen LogP contribution in [-0.4, -0.2) is 70.3 Å². The molecule has 11 heteroatoms. The van der Waals surface area contributed by atoms with Crippen LogP contribution in [0.25, 0.3) is 0 Å². The fourth-order valence-electron chi connectivity index (χ4n) is 4.94. The van der Waals surface area contributed by atoms with E-state index in [4.69, 9.17) is 19.5 Å². The highest BCUT2D eigenvalue weighted by molar-refractivity contribution is 5.81. The van der Waals surface area contributed by atoms with E-state index in [1.165, 1.54) is 0 Å². The number of hydrogen-bond donors (Lipinski definition) is 5. The first kappa shape index (κ1) is 23.4. The third-order valence-electron chi connectivity index (χ3n) is 6.72. The summed E-state index contributed by atoms with van der Waals surface area (Å²) in [5.41, 5.74) is 6.49. The highest BCUT2D eigenvalue weighted by Crippen LogP contribution is 2.40. The van der Waals surface area contributed by atoms with Gasteiger partial charge in [0.25, 0.3) is 0 Å². The van der Waals surface area contributed by atoms with Crippen LogP contribution in [0.1, 0.15) is 19.3 Å². The number of amides is 1. The number of fused-ring (bicyclic) bond motifs is 1.